The van der Waals surface area contributed by atoms with Gasteiger partial charge in [0.05, 0.1) is 19.1 Å². The van der Waals surface area contributed by atoms with Crippen molar-refractivity contribution < 1.29 is 17.9 Å². The Bertz CT molecular complexity index is 902. The maximum Gasteiger partial charge on any atom is 0.243 e. The Morgan fingerprint density at radius 2 is 1.89 bits per heavy atom. The van der Waals surface area contributed by atoms with E-state index in [9.17, 15) is 13.2 Å². The molecule has 152 valence electrons. The first-order valence-corrected chi connectivity index (χ1v) is 11.7. The smallest absolute Gasteiger partial charge is 0.243 e. The van der Waals surface area contributed by atoms with Crippen molar-refractivity contribution in [3.8, 4) is 5.75 Å². The normalized spacial score (nSPS) is 12.3. The lowest BCUT2D eigenvalue weighted by molar-refractivity contribution is -0.121. The molecule has 0 aliphatic carbocycles. The van der Waals surface area contributed by atoms with Crippen LogP contribution in [0.1, 0.15) is 12.5 Å². The first kappa shape index (κ1) is 22.1. The van der Waals surface area contributed by atoms with E-state index in [0.717, 1.165) is 21.0 Å². The standard InChI is InChI=1S/C20H26N2O4S2/c1-15-10-11-19(26-3)18(14-15)22(28(4,24)25)16(2)20(23)21-12-13-27-17-8-6-5-7-9-17/h5-11,14,16H,12-13H2,1-4H3,(H,21,23)/t16-/m0/s1. The van der Waals surface area contributed by atoms with Gasteiger partial charge >= 0.3 is 0 Å². The third-order valence-electron chi connectivity index (χ3n) is 4.07. The van der Waals surface area contributed by atoms with E-state index in [0.29, 0.717) is 23.7 Å². The summed E-state index contributed by atoms with van der Waals surface area (Å²) in [6.45, 7) is 3.86. The number of ether oxygens (including phenoxy) is 1. The Labute approximate surface area is 171 Å². The molecule has 1 amide bonds. The summed E-state index contributed by atoms with van der Waals surface area (Å²) in [6.07, 6.45) is 1.09. The van der Waals surface area contributed by atoms with E-state index in [2.05, 4.69) is 5.32 Å². The quantitative estimate of drug-likeness (QED) is 0.497. The topological polar surface area (TPSA) is 75.7 Å². The number of nitrogens with zero attached hydrogens (tertiary/aromatic N) is 1. The second-order valence-electron chi connectivity index (χ2n) is 6.36. The summed E-state index contributed by atoms with van der Waals surface area (Å²) in [5.74, 6) is 0.729. The monoisotopic (exact) mass is 422 g/mol. The summed E-state index contributed by atoms with van der Waals surface area (Å²) in [7, 11) is -2.23. The highest BCUT2D eigenvalue weighted by molar-refractivity contribution is 7.99. The number of amides is 1. The molecule has 8 heteroatoms. The van der Waals surface area contributed by atoms with E-state index in [1.54, 1.807) is 30.8 Å². The van der Waals surface area contributed by atoms with Crippen LogP contribution in [0.2, 0.25) is 0 Å². The van der Waals surface area contributed by atoms with Crippen LogP contribution in [0.4, 0.5) is 5.69 Å². The molecule has 0 heterocycles. The molecule has 0 radical (unpaired) electrons. The van der Waals surface area contributed by atoms with Gasteiger partial charge in [0.25, 0.3) is 0 Å². The van der Waals surface area contributed by atoms with Crippen LogP contribution in [0.3, 0.4) is 0 Å². The summed E-state index contributed by atoms with van der Waals surface area (Å²) in [6, 6.07) is 14.2. The van der Waals surface area contributed by atoms with Crippen LogP contribution in [0.25, 0.3) is 0 Å². The Kier molecular flexibility index (Phi) is 7.77. The number of thioether (sulfide) groups is 1. The molecular formula is C20H26N2O4S2. The summed E-state index contributed by atoms with van der Waals surface area (Å²) >= 11 is 1.63. The number of benzene rings is 2. The minimum atomic E-state index is -3.70. The van der Waals surface area contributed by atoms with Crippen LogP contribution >= 0.6 is 11.8 Å². The fourth-order valence-electron chi connectivity index (χ4n) is 2.76. The molecule has 1 atom stereocenters. The van der Waals surface area contributed by atoms with Gasteiger partial charge in [-0.1, -0.05) is 24.3 Å². The van der Waals surface area contributed by atoms with Crippen molar-refractivity contribution in [3.05, 3.63) is 54.1 Å². The fraction of sp³-hybridized carbons (Fsp3) is 0.350. The maximum atomic E-state index is 12.6. The number of hydrogen-bond donors (Lipinski definition) is 1. The summed E-state index contributed by atoms with van der Waals surface area (Å²) in [4.78, 5) is 13.8. The molecule has 0 unspecified atom stereocenters. The van der Waals surface area contributed by atoms with Crippen LogP contribution in [-0.4, -0.2) is 46.0 Å². The third kappa shape index (κ3) is 5.90. The van der Waals surface area contributed by atoms with Gasteiger partial charge < -0.3 is 10.1 Å². The van der Waals surface area contributed by atoms with Gasteiger partial charge in [-0.3, -0.25) is 9.10 Å². The number of sulfonamides is 1. The number of methoxy groups -OCH3 is 1. The first-order chi connectivity index (χ1) is 13.2. The number of anilines is 1. The lowest BCUT2D eigenvalue weighted by Gasteiger charge is -2.29. The Morgan fingerprint density at radius 3 is 2.50 bits per heavy atom. The zero-order chi connectivity index (χ0) is 20.7. The van der Waals surface area contributed by atoms with Crippen molar-refractivity contribution in [3.63, 3.8) is 0 Å². The predicted molar refractivity (Wildman–Crippen MR) is 115 cm³/mol. The summed E-state index contributed by atoms with van der Waals surface area (Å²) in [5.41, 5.74) is 1.22. The van der Waals surface area contributed by atoms with Gasteiger partial charge in [-0.15, -0.1) is 11.8 Å². The molecule has 1 N–H and O–H groups in total. The molecule has 2 aromatic rings. The maximum absolute atomic E-state index is 12.6. The Morgan fingerprint density at radius 1 is 1.21 bits per heavy atom. The minimum Gasteiger partial charge on any atom is -0.495 e. The highest BCUT2D eigenvalue weighted by Crippen LogP contribution is 2.32. The molecule has 2 rings (SSSR count). The lowest BCUT2D eigenvalue weighted by Crippen LogP contribution is -2.48. The zero-order valence-electron chi connectivity index (χ0n) is 16.5. The predicted octanol–water partition coefficient (Wildman–Crippen LogP) is 3.07. The largest absolute Gasteiger partial charge is 0.495 e. The molecule has 28 heavy (non-hydrogen) atoms. The molecule has 0 aliphatic heterocycles. The average Bonchev–Trinajstić information content (AvgIpc) is 2.65. The van der Waals surface area contributed by atoms with Gasteiger partial charge in [0.2, 0.25) is 15.9 Å². The molecule has 2 aromatic carbocycles. The van der Waals surface area contributed by atoms with Crippen molar-refractivity contribution in [2.45, 2.75) is 24.8 Å². The SMILES string of the molecule is COc1ccc(C)cc1N([C@@H](C)C(=O)NCCSc1ccccc1)S(C)(=O)=O. The number of aryl methyl sites for hydroxylation is 1. The summed E-state index contributed by atoms with van der Waals surface area (Å²) < 4.78 is 31.3. The highest BCUT2D eigenvalue weighted by Gasteiger charge is 2.31. The Balaban J connectivity index is 2.09. The average molecular weight is 423 g/mol. The van der Waals surface area contributed by atoms with Gasteiger partial charge in [0, 0.05) is 17.2 Å². The van der Waals surface area contributed by atoms with E-state index in [4.69, 9.17) is 4.74 Å². The van der Waals surface area contributed by atoms with E-state index >= 15 is 0 Å². The molecule has 0 bridgehead atoms. The van der Waals surface area contributed by atoms with Crippen molar-refractivity contribution in [1.82, 2.24) is 5.32 Å². The highest BCUT2D eigenvalue weighted by atomic mass is 32.2. The molecule has 0 saturated heterocycles. The molecule has 0 aromatic heterocycles. The van der Waals surface area contributed by atoms with Gasteiger partial charge in [-0.25, -0.2) is 8.42 Å². The van der Waals surface area contributed by atoms with Crippen LogP contribution in [-0.2, 0) is 14.8 Å². The zero-order valence-corrected chi connectivity index (χ0v) is 18.1. The van der Waals surface area contributed by atoms with E-state index in [1.807, 2.05) is 43.3 Å². The second kappa shape index (κ2) is 9.84. The van der Waals surface area contributed by atoms with Crippen molar-refractivity contribution in [1.29, 1.82) is 0 Å². The van der Waals surface area contributed by atoms with Crippen LogP contribution in [0.5, 0.6) is 5.75 Å². The fourth-order valence-corrected chi connectivity index (χ4v) is 4.72. The van der Waals surface area contributed by atoms with Gasteiger partial charge in [0.15, 0.2) is 0 Å². The van der Waals surface area contributed by atoms with Crippen molar-refractivity contribution in [2.24, 2.45) is 0 Å². The molecule has 6 nitrogen and oxygen atoms in total. The third-order valence-corrected chi connectivity index (χ3v) is 6.31. The number of nitrogens with one attached hydrogen (secondary N) is 1. The van der Waals surface area contributed by atoms with Crippen LogP contribution in [0.15, 0.2) is 53.4 Å². The summed E-state index contributed by atoms with van der Waals surface area (Å²) in [5, 5.41) is 2.82. The molecule has 0 aliphatic rings. The lowest BCUT2D eigenvalue weighted by atomic mass is 10.2. The van der Waals surface area contributed by atoms with E-state index in [1.165, 1.54) is 7.11 Å². The molecular weight excluding hydrogens is 396 g/mol. The van der Waals surface area contributed by atoms with Crippen molar-refractivity contribution in [2.75, 3.05) is 30.0 Å². The Hall–Kier alpha value is -2.19. The second-order valence-corrected chi connectivity index (χ2v) is 9.39. The van der Waals surface area contributed by atoms with Gasteiger partial charge in [-0.2, -0.15) is 0 Å². The van der Waals surface area contributed by atoms with Gasteiger partial charge in [-0.05, 0) is 43.7 Å². The molecule has 0 saturated carbocycles. The number of rotatable bonds is 9. The van der Waals surface area contributed by atoms with E-state index in [-0.39, 0.29) is 5.91 Å². The molecule has 0 fully saturated rings. The van der Waals surface area contributed by atoms with Crippen molar-refractivity contribution >= 4 is 33.4 Å². The van der Waals surface area contributed by atoms with E-state index < -0.39 is 16.1 Å². The van der Waals surface area contributed by atoms with Gasteiger partial charge in [0.1, 0.15) is 11.8 Å². The minimum absolute atomic E-state index is 0.353. The van der Waals surface area contributed by atoms with Crippen LogP contribution in [0, 0.1) is 6.92 Å². The van der Waals surface area contributed by atoms with Crippen LogP contribution < -0.4 is 14.4 Å². The number of carbonyl (C=O) groups excluding carboxylic acids is 1. The number of carbonyl (C=O) groups is 1. The number of hydrogen-bond acceptors (Lipinski definition) is 5. The molecule has 0 spiro atoms. The first-order valence-electron chi connectivity index (χ1n) is 8.83.